The Bertz CT molecular complexity index is 787. The predicted octanol–water partition coefficient (Wildman–Crippen LogP) is 4.49. The van der Waals surface area contributed by atoms with Crippen molar-refractivity contribution in [3.63, 3.8) is 0 Å². The van der Waals surface area contributed by atoms with Gasteiger partial charge in [-0.25, -0.2) is 4.39 Å². The van der Waals surface area contributed by atoms with Crippen molar-refractivity contribution in [3.05, 3.63) is 58.4 Å². The van der Waals surface area contributed by atoms with E-state index in [9.17, 15) is 14.3 Å². The van der Waals surface area contributed by atoms with Gasteiger partial charge >= 0.3 is 0 Å². The van der Waals surface area contributed by atoms with E-state index >= 15 is 0 Å². The van der Waals surface area contributed by atoms with Crippen LogP contribution in [0.3, 0.4) is 0 Å². The zero-order valence-electron chi connectivity index (χ0n) is 13.2. The van der Waals surface area contributed by atoms with Gasteiger partial charge in [0.1, 0.15) is 0 Å². The summed E-state index contributed by atoms with van der Waals surface area (Å²) in [6.07, 6.45) is 2.80. The molecule has 0 unspecified atom stereocenters. The van der Waals surface area contributed by atoms with Crippen LogP contribution >= 0.6 is 11.6 Å². The van der Waals surface area contributed by atoms with Crippen LogP contribution in [0.5, 0.6) is 17.2 Å². The number of carbonyl (C=O) groups excluding carboxylic acids is 1. The van der Waals surface area contributed by atoms with E-state index in [4.69, 9.17) is 21.1 Å². The maximum Gasteiger partial charge on any atom is 0.185 e. The van der Waals surface area contributed by atoms with Crippen LogP contribution in [-0.4, -0.2) is 24.6 Å². The number of methoxy groups -OCH3 is 1. The van der Waals surface area contributed by atoms with E-state index in [0.29, 0.717) is 12.2 Å². The Balaban J connectivity index is 2.24. The number of hydrogen-bond acceptors (Lipinski definition) is 4. The molecule has 0 saturated heterocycles. The number of carbonyl (C=O) groups is 1. The van der Waals surface area contributed by atoms with Crippen LogP contribution in [0, 0.1) is 5.82 Å². The number of rotatable bonds is 6. The molecule has 6 heteroatoms. The van der Waals surface area contributed by atoms with Crippen LogP contribution in [0.4, 0.5) is 4.39 Å². The molecule has 126 valence electrons. The molecule has 0 atom stereocenters. The average Bonchev–Trinajstić information content (AvgIpc) is 2.57. The first-order valence-electron chi connectivity index (χ1n) is 7.17. The van der Waals surface area contributed by atoms with Gasteiger partial charge in [-0.1, -0.05) is 17.7 Å². The lowest BCUT2D eigenvalue weighted by Crippen LogP contribution is -1.97. The molecule has 0 radical (unpaired) electrons. The van der Waals surface area contributed by atoms with Crippen molar-refractivity contribution >= 4 is 23.5 Å². The second-order valence-corrected chi connectivity index (χ2v) is 5.24. The number of allylic oxidation sites excluding steroid dienone is 1. The fourth-order valence-corrected chi connectivity index (χ4v) is 2.26. The van der Waals surface area contributed by atoms with Crippen molar-refractivity contribution in [2.45, 2.75) is 6.92 Å². The van der Waals surface area contributed by atoms with Gasteiger partial charge in [0.25, 0.3) is 0 Å². The highest BCUT2D eigenvalue weighted by molar-refractivity contribution is 6.32. The fraction of sp³-hybridized carbons (Fsp3) is 0.167. The molecular formula is C18H16ClFO4. The van der Waals surface area contributed by atoms with Crippen molar-refractivity contribution in [2.75, 3.05) is 13.7 Å². The van der Waals surface area contributed by atoms with Gasteiger partial charge in [-0.15, -0.1) is 0 Å². The summed E-state index contributed by atoms with van der Waals surface area (Å²) in [5.74, 6) is -0.837. The number of phenolic OH excluding ortho intramolecular Hbond substituents is 1. The quantitative estimate of drug-likeness (QED) is 0.616. The zero-order chi connectivity index (χ0) is 17.7. The minimum atomic E-state index is -0.608. The molecule has 0 aromatic heterocycles. The third-order valence-corrected chi connectivity index (χ3v) is 3.50. The number of ketones is 1. The lowest BCUT2D eigenvalue weighted by molar-refractivity contribution is 0.104. The molecule has 2 aromatic carbocycles. The third kappa shape index (κ3) is 4.06. The van der Waals surface area contributed by atoms with E-state index in [1.165, 1.54) is 37.5 Å². The number of halogens is 2. The molecule has 4 nitrogen and oxygen atoms in total. The summed E-state index contributed by atoms with van der Waals surface area (Å²) in [6, 6.07) is 7.03. The maximum absolute atomic E-state index is 13.6. The van der Waals surface area contributed by atoms with Crippen LogP contribution in [0.1, 0.15) is 22.8 Å². The highest BCUT2D eigenvalue weighted by Gasteiger charge is 2.10. The smallest absolute Gasteiger partial charge is 0.185 e. The van der Waals surface area contributed by atoms with E-state index in [2.05, 4.69) is 0 Å². The van der Waals surface area contributed by atoms with Gasteiger partial charge in [-0.05, 0) is 48.9 Å². The van der Waals surface area contributed by atoms with Crippen molar-refractivity contribution in [3.8, 4) is 17.2 Å². The third-order valence-electron chi connectivity index (χ3n) is 3.21. The molecule has 1 N–H and O–H groups in total. The van der Waals surface area contributed by atoms with Crippen LogP contribution in [0.15, 0.2) is 36.4 Å². The molecule has 0 aliphatic rings. The van der Waals surface area contributed by atoms with Gasteiger partial charge in [-0.2, -0.15) is 0 Å². The van der Waals surface area contributed by atoms with Gasteiger partial charge in [-0.3, -0.25) is 4.79 Å². The van der Waals surface area contributed by atoms with Gasteiger partial charge in [0, 0.05) is 5.56 Å². The number of benzene rings is 2. The second-order valence-electron chi connectivity index (χ2n) is 4.83. The summed E-state index contributed by atoms with van der Waals surface area (Å²) in [5, 5.41) is 9.90. The summed E-state index contributed by atoms with van der Waals surface area (Å²) in [7, 11) is 1.35. The molecular weight excluding hydrogens is 335 g/mol. The highest BCUT2D eigenvalue weighted by atomic mass is 35.5. The van der Waals surface area contributed by atoms with Crippen molar-refractivity contribution in [2.24, 2.45) is 0 Å². The van der Waals surface area contributed by atoms with Crippen molar-refractivity contribution < 1.29 is 23.8 Å². The average molecular weight is 351 g/mol. The van der Waals surface area contributed by atoms with E-state index in [0.717, 1.165) is 6.07 Å². The minimum absolute atomic E-state index is 0.0715. The zero-order valence-corrected chi connectivity index (χ0v) is 13.9. The first-order chi connectivity index (χ1) is 11.5. The van der Waals surface area contributed by atoms with E-state index in [1.807, 2.05) is 0 Å². The molecule has 0 saturated carbocycles. The second kappa shape index (κ2) is 7.84. The van der Waals surface area contributed by atoms with Crippen LogP contribution in [-0.2, 0) is 0 Å². The minimum Gasteiger partial charge on any atom is -0.503 e. The summed E-state index contributed by atoms with van der Waals surface area (Å²) >= 11 is 5.93. The van der Waals surface area contributed by atoms with Gasteiger partial charge in [0.2, 0.25) is 0 Å². The summed E-state index contributed by atoms with van der Waals surface area (Å²) in [4.78, 5) is 12.1. The highest BCUT2D eigenvalue weighted by Crippen LogP contribution is 2.35. The van der Waals surface area contributed by atoms with Crippen molar-refractivity contribution in [1.82, 2.24) is 0 Å². The summed E-state index contributed by atoms with van der Waals surface area (Å²) in [6.45, 7) is 2.14. The van der Waals surface area contributed by atoms with Crippen LogP contribution < -0.4 is 9.47 Å². The SMILES string of the molecule is CCOc1cc(/C=C/C(=O)c2ccc(OC)c(F)c2)cc(Cl)c1O. The number of phenols is 1. The Kier molecular flexibility index (Phi) is 5.82. The Morgan fingerprint density at radius 1 is 1.29 bits per heavy atom. The number of hydrogen-bond donors (Lipinski definition) is 1. The topological polar surface area (TPSA) is 55.8 Å². The normalized spacial score (nSPS) is 10.8. The summed E-state index contributed by atoms with van der Waals surface area (Å²) in [5.41, 5.74) is 0.767. The van der Waals surface area contributed by atoms with E-state index in [-0.39, 0.29) is 33.6 Å². The Labute approximate surface area is 144 Å². The molecule has 2 aromatic rings. The van der Waals surface area contributed by atoms with Gasteiger partial charge in [0.05, 0.1) is 18.7 Å². The molecule has 0 aliphatic heterocycles. The molecule has 0 fully saturated rings. The van der Waals surface area contributed by atoms with E-state index < -0.39 is 5.82 Å². The Hall–Kier alpha value is -2.53. The molecule has 0 heterocycles. The molecule has 0 aliphatic carbocycles. The number of ether oxygens (including phenoxy) is 2. The van der Waals surface area contributed by atoms with Gasteiger partial charge < -0.3 is 14.6 Å². The fourth-order valence-electron chi connectivity index (χ4n) is 2.04. The largest absolute Gasteiger partial charge is 0.503 e. The molecule has 0 spiro atoms. The monoisotopic (exact) mass is 350 g/mol. The molecule has 0 amide bonds. The van der Waals surface area contributed by atoms with Gasteiger partial charge in [0.15, 0.2) is 28.8 Å². The Morgan fingerprint density at radius 2 is 2.04 bits per heavy atom. The lowest BCUT2D eigenvalue weighted by Gasteiger charge is -2.08. The Morgan fingerprint density at radius 3 is 2.67 bits per heavy atom. The van der Waals surface area contributed by atoms with Crippen molar-refractivity contribution in [1.29, 1.82) is 0 Å². The number of aromatic hydroxyl groups is 1. The first-order valence-corrected chi connectivity index (χ1v) is 7.55. The predicted molar refractivity (Wildman–Crippen MR) is 90.6 cm³/mol. The van der Waals surface area contributed by atoms with Crippen LogP contribution in [0.25, 0.3) is 6.08 Å². The lowest BCUT2D eigenvalue weighted by atomic mass is 10.1. The molecule has 2 rings (SSSR count). The standard InChI is InChI=1S/C18H16ClFO4/c1-3-24-17-9-11(8-13(19)18(17)22)4-6-15(21)12-5-7-16(23-2)14(20)10-12/h4-10,22H,3H2,1-2H3/b6-4+. The maximum atomic E-state index is 13.6. The van der Waals surface area contributed by atoms with E-state index in [1.54, 1.807) is 13.0 Å². The van der Waals surface area contributed by atoms with Crippen LogP contribution in [0.2, 0.25) is 5.02 Å². The first kappa shape index (κ1) is 17.8. The molecule has 0 bridgehead atoms. The summed E-state index contributed by atoms with van der Waals surface area (Å²) < 4.78 is 23.7. The molecule has 24 heavy (non-hydrogen) atoms.